The Morgan fingerprint density at radius 3 is 2.60 bits per heavy atom. The SMILES string of the molecule is CNC(C=C(C)C)c1cc(C)ccc1Br. The van der Waals surface area contributed by atoms with Crippen LogP contribution in [0.1, 0.15) is 31.0 Å². The second-order valence-corrected chi connectivity index (χ2v) is 4.89. The third-order valence-electron chi connectivity index (χ3n) is 2.30. The van der Waals surface area contributed by atoms with E-state index in [0.29, 0.717) is 0 Å². The fraction of sp³-hybridized carbons (Fsp3) is 0.385. The summed E-state index contributed by atoms with van der Waals surface area (Å²) in [7, 11) is 1.98. The number of hydrogen-bond acceptors (Lipinski definition) is 1. The van der Waals surface area contributed by atoms with Crippen LogP contribution in [0.4, 0.5) is 0 Å². The average Bonchev–Trinajstić information content (AvgIpc) is 2.18. The molecule has 0 spiro atoms. The Bertz CT molecular complexity index is 365. The summed E-state index contributed by atoms with van der Waals surface area (Å²) in [5.41, 5.74) is 3.90. The first-order valence-corrected chi connectivity index (χ1v) is 5.92. The zero-order valence-electron chi connectivity index (χ0n) is 9.76. The number of rotatable bonds is 3. The molecular weight excluding hydrogens is 250 g/mol. The Morgan fingerprint density at radius 2 is 2.07 bits per heavy atom. The molecule has 1 aromatic carbocycles. The van der Waals surface area contributed by atoms with Gasteiger partial charge < -0.3 is 5.32 Å². The molecule has 0 radical (unpaired) electrons. The van der Waals surface area contributed by atoms with Gasteiger partial charge in [-0.1, -0.05) is 45.3 Å². The monoisotopic (exact) mass is 267 g/mol. The van der Waals surface area contributed by atoms with Crippen LogP contribution < -0.4 is 5.32 Å². The summed E-state index contributed by atoms with van der Waals surface area (Å²) in [5, 5.41) is 3.31. The molecule has 1 atom stereocenters. The van der Waals surface area contributed by atoms with Crippen molar-refractivity contribution in [3.8, 4) is 0 Å². The highest BCUT2D eigenvalue weighted by atomic mass is 79.9. The van der Waals surface area contributed by atoms with Gasteiger partial charge in [0.05, 0.1) is 6.04 Å². The van der Waals surface area contributed by atoms with Gasteiger partial charge in [0.2, 0.25) is 0 Å². The molecule has 0 aliphatic rings. The minimum atomic E-state index is 0.282. The minimum Gasteiger partial charge on any atom is -0.310 e. The summed E-state index contributed by atoms with van der Waals surface area (Å²) in [5.74, 6) is 0. The van der Waals surface area contributed by atoms with Crippen LogP contribution >= 0.6 is 15.9 Å². The maximum atomic E-state index is 3.59. The molecule has 0 heterocycles. The van der Waals surface area contributed by atoms with Gasteiger partial charge in [0.25, 0.3) is 0 Å². The van der Waals surface area contributed by atoms with Crippen molar-refractivity contribution in [1.82, 2.24) is 5.32 Å². The van der Waals surface area contributed by atoms with E-state index in [1.165, 1.54) is 16.7 Å². The van der Waals surface area contributed by atoms with Crippen LogP contribution in [0.3, 0.4) is 0 Å². The van der Waals surface area contributed by atoms with E-state index in [-0.39, 0.29) is 6.04 Å². The molecule has 0 aliphatic heterocycles. The number of halogens is 1. The number of likely N-dealkylation sites (N-methyl/N-ethyl adjacent to an activating group) is 1. The summed E-state index contributed by atoms with van der Waals surface area (Å²) in [6.07, 6.45) is 2.24. The number of hydrogen-bond donors (Lipinski definition) is 1. The predicted molar refractivity (Wildman–Crippen MR) is 70.1 cm³/mol. The molecule has 0 saturated carbocycles. The smallest absolute Gasteiger partial charge is 0.0517 e. The van der Waals surface area contributed by atoms with Crippen LogP contribution in [0.25, 0.3) is 0 Å². The summed E-state index contributed by atoms with van der Waals surface area (Å²) in [4.78, 5) is 0. The molecule has 1 unspecified atom stereocenters. The molecular formula is C13H18BrN. The van der Waals surface area contributed by atoms with E-state index in [1.807, 2.05) is 7.05 Å². The first-order chi connectivity index (χ1) is 7.04. The molecule has 0 fully saturated rings. The lowest BCUT2D eigenvalue weighted by atomic mass is 10.0. The lowest BCUT2D eigenvalue weighted by Gasteiger charge is -2.15. The van der Waals surface area contributed by atoms with Crippen molar-refractivity contribution in [3.05, 3.63) is 45.4 Å². The first-order valence-electron chi connectivity index (χ1n) is 5.13. The lowest BCUT2D eigenvalue weighted by molar-refractivity contribution is 0.706. The molecule has 1 aromatic rings. The lowest BCUT2D eigenvalue weighted by Crippen LogP contribution is -2.15. The summed E-state index contributed by atoms with van der Waals surface area (Å²) in [6, 6.07) is 6.71. The third-order valence-corrected chi connectivity index (χ3v) is 3.02. The van der Waals surface area contributed by atoms with Crippen molar-refractivity contribution >= 4 is 15.9 Å². The maximum absolute atomic E-state index is 3.59. The Kier molecular flexibility index (Phi) is 4.55. The van der Waals surface area contributed by atoms with Crippen LogP contribution in [-0.2, 0) is 0 Å². The van der Waals surface area contributed by atoms with Crippen LogP contribution in [0, 0.1) is 6.92 Å². The Hall–Kier alpha value is -0.600. The molecule has 1 rings (SSSR count). The van der Waals surface area contributed by atoms with Crippen LogP contribution in [0.5, 0.6) is 0 Å². The number of nitrogens with one attached hydrogen (secondary N) is 1. The van der Waals surface area contributed by atoms with Gasteiger partial charge in [0.1, 0.15) is 0 Å². The Morgan fingerprint density at radius 1 is 1.40 bits per heavy atom. The van der Waals surface area contributed by atoms with Gasteiger partial charge in [-0.3, -0.25) is 0 Å². The molecule has 0 bridgehead atoms. The van der Waals surface area contributed by atoms with Crippen LogP contribution in [-0.4, -0.2) is 7.05 Å². The molecule has 2 heteroatoms. The Labute approximate surface area is 101 Å². The van der Waals surface area contributed by atoms with Gasteiger partial charge in [-0.2, -0.15) is 0 Å². The predicted octanol–water partition coefficient (Wildman–Crippen LogP) is 3.98. The fourth-order valence-corrected chi connectivity index (χ4v) is 2.06. The standard InChI is InChI=1S/C13H18BrN/c1-9(2)7-13(15-4)11-8-10(3)5-6-12(11)14/h5-8,13,15H,1-4H3. The fourth-order valence-electron chi connectivity index (χ4n) is 1.56. The second kappa shape index (κ2) is 5.47. The zero-order chi connectivity index (χ0) is 11.4. The minimum absolute atomic E-state index is 0.282. The number of benzene rings is 1. The number of aryl methyl sites for hydroxylation is 1. The van der Waals surface area contributed by atoms with Crippen molar-refractivity contribution in [1.29, 1.82) is 0 Å². The average molecular weight is 268 g/mol. The normalized spacial score (nSPS) is 12.3. The quantitative estimate of drug-likeness (QED) is 0.817. The van der Waals surface area contributed by atoms with Gasteiger partial charge in [0, 0.05) is 4.47 Å². The van der Waals surface area contributed by atoms with Crippen molar-refractivity contribution < 1.29 is 0 Å². The van der Waals surface area contributed by atoms with Crippen molar-refractivity contribution in [2.45, 2.75) is 26.8 Å². The first kappa shape index (κ1) is 12.5. The van der Waals surface area contributed by atoms with E-state index in [9.17, 15) is 0 Å². The highest BCUT2D eigenvalue weighted by molar-refractivity contribution is 9.10. The van der Waals surface area contributed by atoms with Gasteiger partial charge >= 0.3 is 0 Å². The van der Waals surface area contributed by atoms with Crippen molar-refractivity contribution in [3.63, 3.8) is 0 Å². The number of allylic oxidation sites excluding steroid dienone is 1. The van der Waals surface area contributed by atoms with E-state index >= 15 is 0 Å². The largest absolute Gasteiger partial charge is 0.310 e. The molecule has 82 valence electrons. The van der Waals surface area contributed by atoms with E-state index in [2.05, 4.69) is 66.3 Å². The summed E-state index contributed by atoms with van der Waals surface area (Å²) in [6.45, 7) is 6.35. The van der Waals surface area contributed by atoms with E-state index < -0.39 is 0 Å². The highest BCUT2D eigenvalue weighted by Gasteiger charge is 2.09. The zero-order valence-corrected chi connectivity index (χ0v) is 11.4. The molecule has 0 saturated heterocycles. The molecule has 15 heavy (non-hydrogen) atoms. The molecule has 1 N–H and O–H groups in total. The van der Waals surface area contributed by atoms with E-state index in [4.69, 9.17) is 0 Å². The molecule has 0 amide bonds. The van der Waals surface area contributed by atoms with Crippen molar-refractivity contribution in [2.75, 3.05) is 7.05 Å². The topological polar surface area (TPSA) is 12.0 Å². The molecule has 0 aliphatic carbocycles. The summed E-state index contributed by atoms with van der Waals surface area (Å²) >= 11 is 3.59. The molecule has 1 nitrogen and oxygen atoms in total. The van der Waals surface area contributed by atoms with Gasteiger partial charge in [-0.05, 0) is 39.4 Å². The highest BCUT2D eigenvalue weighted by Crippen LogP contribution is 2.26. The van der Waals surface area contributed by atoms with Crippen LogP contribution in [0.2, 0.25) is 0 Å². The van der Waals surface area contributed by atoms with E-state index in [1.54, 1.807) is 0 Å². The van der Waals surface area contributed by atoms with Gasteiger partial charge in [-0.25, -0.2) is 0 Å². The molecule has 0 aromatic heterocycles. The van der Waals surface area contributed by atoms with Gasteiger partial charge in [-0.15, -0.1) is 0 Å². The third kappa shape index (κ3) is 3.47. The Balaban J connectivity index is 3.11. The maximum Gasteiger partial charge on any atom is 0.0517 e. The van der Waals surface area contributed by atoms with Crippen LogP contribution in [0.15, 0.2) is 34.3 Å². The summed E-state index contributed by atoms with van der Waals surface area (Å²) < 4.78 is 1.16. The van der Waals surface area contributed by atoms with Crippen molar-refractivity contribution in [2.24, 2.45) is 0 Å². The van der Waals surface area contributed by atoms with E-state index in [0.717, 1.165) is 4.47 Å². The second-order valence-electron chi connectivity index (χ2n) is 4.04. The van der Waals surface area contributed by atoms with Gasteiger partial charge in [0.15, 0.2) is 0 Å².